The van der Waals surface area contributed by atoms with Gasteiger partial charge in [-0.1, -0.05) is 0 Å². The number of ether oxygens (including phenoxy) is 4. The third kappa shape index (κ3) is 5.02. The third-order valence-electron chi connectivity index (χ3n) is 4.46. The second-order valence-electron chi connectivity index (χ2n) is 6.36. The molecular weight excluding hydrogens is 390 g/mol. The van der Waals surface area contributed by atoms with Crippen LogP contribution in [0.4, 0.5) is 0 Å². The summed E-state index contributed by atoms with van der Waals surface area (Å²) in [5.41, 5.74) is 0.431. The van der Waals surface area contributed by atoms with Crippen molar-refractivity contribution in [3.63, 3.8) is 0 Å². The number of hydrogen-bond acceptors (Lipinski definition) is 7. The molecule has 0 unspecified atom stereocenters. The number of nitrogens with zero attached hydrogens (tertiary/aromatic N) is 1. The van der Waals surface area contributed by atoms with Gasteiger partial charge in [0, 0.05) is 12.3 Å². The van der Waals surface area contributed by atoms with Gasteiger partial charge < -0.3 is 27.9 Å². The second kappa shape index (κ2) is 9.69. The van der Waals surface area contributed by atoms with E-state index in [1.165, 1.54) is 19.2 Å². The largest absolute Gasteiger partial charge is 0.497 e. The zero-order valence-electron chi connectivity index (χ0n) is 17.0. The predicted octanol–water partition coefficient (Wildman–Crippen LogP) is 3.20. The molecule has 0 spiro atoms. The van der Waals surface area contributed by atoms with Crippen LogP contribution in [0.1, 0.15) is 22.0 Å². The van der Waals surface area contributed by atoms with Crippen LogP contribution in [-0.4, -0.2) is 31.4 Å². The van der Waals surface area contributed by atoms with E-state index in [2.05, 4.69) is 4.74 Å². The quantitative estimate of drug-likeness (QED) is 0.498. The van der Waals surface area contributed by atoms with E-state index >= 15 is 0 Å². The molecule has 1 aromatic carbocycles. The lowest BCUT2D eigenvalue weighted by molar-refractivity contribution is 0.0561. The minimum atomic E-state index is -0.573. The summed E-state index contributed by atoms with van der Waals surface area (Å²) in [6.45, 7) is 2.75. The number of hydrogen-bond donors (Lipinski definition) is 0. The number of carbonyl (C=O) groups is 1. The molecule has 0 fully saturated rings. The van der Waals surface area contributed by atoms with E-state index in [-0.39, 0.29) is 23.5 Å². The molecule has 0 aliphatic carbocycles. The van der Waals surface area contributed by atoms with E-state index in [9.17, 15) is 9.59 Å². The fraction of sp³-hybridized carbons (Fsp3) is 0.273. The lowest BCUT2D eigenvalue weighted by Crippen LogP contribution is -2.17. The molecule has 8 heteroatoms. The van der Waals surface area contributed by atoms with E-state index in [1.807, 2.05) is 28.8 Å². The number of aromatic nitrogens is 1. The molecule has 3 rings (SSSR count). The van der Waals surface area contributed by atoms with Gasteiger partial charge in [-0.05, 0) is 43.3 Å². The van der Waals surface area contributed by atoms with Gasteiger partial charge >= 0.3 is 5.97 Å². The maximum absolute atomic E-state index is 12.2. The summed E-state index contributed by atoms with van der Waals surface area (Å²) >= 11 is 0. The van der Waals surface area contributed by atoms with Crippen LogP contribution >= 0.6 is 0 Å². The zero-order chi connectivity index (χ0) is 21.5. The Balaban J connectivity index is 1.62. The Morgan fingerprint density at radius 2 is 1.73 bits per heavy atom. The van der Waals surface area contributed by atoms with Crippen molar-refractivity contribution < 1.29 is 28.2 Å². The van der Waals surface area contributed by atoms with E-state index in [0.29, 0.717) is 24.6 Å². The summed E-state index contributed by atoms with van der Waals surface area (Å²) < 4.78 is 28.4. The molecule has 0 N–H and O–H groups in total. The normalized spacial score (nSPS) is 10.5. The maximum atomic E-state index is 12.2. The Morgan fingerprint density at radius 1 is 1.00 bits per heavy atom. The fourth-order valence-electron chi connectivity index (χ4n) is 2.81. The Kier molecular flexibility index (Phi) is 6.79. The van der Waals surface area contributed by atoms with Crippen LogP contribution in [0.25, 0.3) is 0 Å². The van der Waals surface area contributed by atoms with Crippen LogP contribution in [0.15, 0.2) is 57.9 Å². The van der Waals surface area contributed by atoms with Crippen molar-refractivity contribution in [2.45, 2.75) is 20.1 Å². The lowest BCUT2D eigenvalue weighted by Gasteiger charge is -2.15. The topological polar surface area (TPSA) is 89.1 Å². The summed E-state index contributed by atoms with van der Waals surface area (Å²) in [6, 6.07) is 11.9. The molecule has 3 aromatic rings. The average Bonchev–Trinajstić information content (AvgIpc) is 3.24. The van der Waals surface area contributed by atoms with Crippen molar-refractivity contribution >= 4 is 5.97 Å². The van der Waals surface area contributed by atoms with Gasteiger partial charge in [-0.2, -0.15) is 0 Å². The van der Waals surface area contributed by atoms with Gasteiger partial charge in [0.05, 0.1) is 26.5 Å². The first-order chi connectivity index (χ1) is 14.5. The first kappa shape index (κ1) is 21.0. The molecule has 30 heavy (non-hydrogen) atoms. The van der Waals surface area contributed by atoms with Crippen molar-refractivity contribution in [2.75, 3.05) is 20.8 Å². The smallest absolute Gasteiger partial charge is 0.373 e. The number of furan rings is 1. The Hall–Kier alpha value is -3.68. The highest BCUT2D eigenvalue weighted by molar-refractivity contribution is 5.86. The first-order valence-corrected chi connectivity index (χ1v) is 9.28. The highest BCUT2D eigenvalue weighted by Crippen LogP contribution is 2.18. The second-order valence-corrected chi connectivity index (χ2v) is 6.36. The van der Waals surface area contributed by atoms with Gasteiger partial charge in [-0.15, -0.1) is 0 Å². The van der Waals surface area contributed by atoms with Gasteiger partial charge in [0.1, 0.15) is 30.5 Å². The van der Waals surface area contributed by atoms with Gasteiger partial charge in [-0.3, -0.25) is 4.79 Å². The zero-order valence-corrected chi connectivity index (χ0v) is 17.0. The molecule has 0 aliphatic rings. The monoisotopic (exact) mass is 413 g/mol. The molecule has 0 atom stereocenters. The summed E-state index contributed by atoms with van der Waals surface area (Å²) in [5, 5.41) is 0. The highest BCUT2D eigenvalue weighted by Gasteiger charge is 2.13. The summed E-state index contributed by atoms with van der Waals surface area (Å²) in [7, 11) is 2.88. The van der Waals surface area contributed by atoms with E-state index in [0.717, 1.165) is 11.5 Å². The minimum Gasteiger partial charge on any atom is -0.497 e. The average molecular weight is 413 g/mol. The molecule has 0 amide bonds. The molecule has 2 aromatic heterocycles. The van der Waals surface area contributed by atoms with Crippen LogP contribution in [-0.2, 0) is 17.9 Å². The molecule has 0 aliphatic heterocycles. The number of carbonyl (C=O) groups excluding carboxylic acids is 1. The first-order valence-electron chi connectivity index (χ1n) is 9.28. The van der Waals surface area contributed by atoms with Crippen molar-refractivity contribution in [3.05, 3.63) is 76.1 Å². The van der Waals surface area contributed by atoms with Gasteiger partial charge in [-0.25, -0.2) is 4.79 Å². The highest BCUT2D eigenvalue weighted by atomic mass is 16.5. The maximum Gasteiger partial charge on any atom is 0.373 e. The van der Waals surface area contributed by atoms with Gasteiger partial charge in [0.2, 0.25) is 11.2 Å². The summed E-state index contributed by atoms with van der Waals surface area (Å²) in [4.78, 5) is 23.7. The van der Waals surface area contributed by atoms with Crippen LogP contribution < -0.4 is 19.6 Å². The lowest BCUT2D eigenvalue weighted by atomic mass is 10.3. The number of pyridine rings is 1. The number of benzene rings is 1. The molecule has 158 valence electrons. The Morgan fingerprint density at radius 3 is 2.43 bits per heavy atom. The molecule has 0 bridgehead atoms. The number of rotatable bonds is 9. The van der Waals surface area contributed by atoms with E-state index in [1.54, 1.807) is 26.3 Å². The van der Waals surface area contributed by atoms with Crippen molar-refractivity contribution in [1.82, 2.24) is 4.57 Å². The summed E-state index contributed by atoms with van der Waals surface area (Å²) in [5.74, 6) is 1.62. The predicted molar refractivity (Wildman–Crippen MR) is 108 cm³/mol. The van der Waals surface area contributed by atoms with Crippen LogP contribution in [0.3, 0.4) is 0 Å². The van der Waals surface area contributed by atoms with Crippen molar-refractivity contribution in [2.24, 2.45) is 0 Å². The molecule has 0 saturated heterocycles. The molecule has 0 radical (unpaired) electrons. The summed E-state index contributed by atoms with van der Waals surface area (Å²) in [6.07, 6.45) is 1.70. The third-order valence-corrected chi connectivity index (χ3v) is 4.46. The van der Waals surface area contributed by atoms with Gasteiger partial charge in [0.25, 0.3) is 0 Å². The van der Waals surface area contributed by atoms with E-state index in [4.69, 9.17) is 18.6 Å². The van der Waals surface area contributed by atoms with Gasteiger partial charge in [0.15, 0.2) is 5.75 Å². The minimum absolute atomic E-state index is 0.0133. The van der Waals surface area contributed by atoms with Crippen molar-refractivity contribution in [1.29, 1.82) is 0 Å². The van der Waals surface area contributed by atoms with Crippen LogP contribution in [0.5, 0.6) is 17.2 Å². The van der Waals surface area contributed by atoms with E-state index < -0.39 is 5.97 Å². The Labute approximate surface area is 173 Å². The standard InChI is InChI=1S/C22H23NO7/c1-15-21(29-14-18-8-9-20(30-18)22(25)27-3)19(24)10-11-23(15)12-13-28-17-6-4-16(26-2)5-7-17/h4-11H,12-14H2,1-3H3. The van der Waals surface area contributed by atoms with Crippen LogP contribution in [0.2, 0.25) is 0 Å². The van der Waals surface area contributed by atoms with Crippen LogP contribution in [0, 0.1) is 6.92 Å². The molecular formula is C22H23NO7. The number of esters is 1. The fourth-order valence-corrected chi connectivity index (χ4v) is 2.81. The molecule has 0 saturated carbocycles. The Bertz CT molecular complexity index is 1050. The molecule has 8 nitrogen and oxygen atoms in total. The van der Waals surface area contributed by atoms with Crippen molar-refractivity contribution in [3.8, 4) is 17.2 Å². The molecule has 2 heterocycles. The SMILES string of the molecule is COC(=O)c1ccc(COc2c(C)n(CCOc3ccc(OC)cc3)ccc2=O)o1. The number of methoxy groups -OCH3 is 2.